The predicted molar refractivity (Wildman–Crippen MR) is 87.8 cm³/mol. The summed E-state index contributed by atoms with van der Waals surface area (Å²) in [5, 5.41) is 1.07. The van der Waals surface area contributed by atoms with Crippen molar-refractivity contribution in [1.29, 1.82) is 0 Å². The van der Waals surface area contributed by atoms with E-state index in [0.29, 0.717) is 13.1 Å². The van der Waals surface area contributed by atoms with Crippen molar-refractivity contribution in [3.63, 3.8) is 0 Å². The fourth-order valence-electron chi connectivity index (χ4n) is 2.20. The summed E-state index contributed by atoms with van der Waals surface area (Å²) in [5.74, 6) is -0.00608. The number of pyridine rings is 1. The lowest BCUT2D eigenvalue weighted by Crippen LogP contribution is -2.30. The molecule has 1 heterocycles. The molecular formula is C18H20N2O. The summed E-state index contributed by atoms with van der Waals surface area (Å²) < 4.78 is 0. The summed E-state index contributed by atoms with van der Waals surface area (Å²) in [5.41, 5.74) is 2.84. The number of hydrogen-bond acceptors (Lipinski definition) is 2. The quantitative estimate of drug-likeness (QED) is 0.618. The average molecular weight is 280 g/mol. The van der Waals surface area contributed by atoms with Gasteiger partial charge in [-0.25, -0.2) is 0 Å². The number of carbonyl (C=O) groups is 1. The van der Waals surface area contributed by atoms with Gasteiger partial charge in [0.15, 0.2) is 0 Å². The summed E-state index contributed by atoms with van der Waals surface area (Å²) in [6, 6.07) is 9.88. The number of benzene rings is 1. The highest BCUT2D eigenvalue weighted by atomic mass is 16.2. The Morgan fingerprint density at radius 1 is 1.33 bits per heavy atom. The van der Waals surface area contributed by atoms with Gasteiger partial charge in [0.2, 0.25) is 5.91 Å². The zero-order valence-electron chi connectivity index (χ0n) is 12.5. The maximum atomic E-state index is 12.2. The molecule has 0 saturated carbocycles. The third-order valence-electron chi connectivity index (χ3n) is 3.22. The van der Waals surface area contributed by atoms with Crippen LogP contribution in [-0.2, 0) is 4.79 Å². The number of para-hydroxylation sites is 1. The van der Waals surface area contributed by atoms with Gasteiger partial charge >= 0.3 is 0 Å². The SMILES string of the molecule is C=C(C)CN(CC)C(=O)/C=C/c1cccc2cccnc12. The number of aromatic nitrogens is 1. The lowest BCUT2D eigenvalue weighted by molar-refractivity contribution is -0.125. The van der Waals surface area contributed by atoms with Crippen molar-refractivity contribution in [2.75, 3.05) is 13.1 Å². The van der Waals surface area contributed by atoms with Crippen LogP contribution in [0.25, 0.3) is 17.0 Å². The van der Waals surface area contributed by atoms with Crippen molar-refractivity contribution >= 4 is 22.9 Å². The Bertz CT molecular complexity index is 683. The highest BCUT2D eigenvalue weighted by molar-refractivity contribution is 5.95. The van der Waals surface area contributed by atoms with Crippen LogP contribution in [0, 0.1) is 0 Å². The Balaban J connectivity index is 2.23. The lowest BCUT2D eigenvalue weighted by atomic mass is 10.1. The molecular weight excluding hydrogens is 260 g/mol. The van der Waals surface area contributed by atoms with Gasteiger partial charge in [0.1, 0.15) is 0 Å². The molecule has 3 heteroatoms. The largest absolute Gasteiger partial charge is 0.335 e. The number of rotatable bonds is 5. The standard InChI is InChI=1S/C18H20N2O/c1-4-20(13-14(2)3)17(21)11-10-16-8-5-7-15-9-6-12-19-18(15)16/h5-12H,2,4,13H2,1,3H3/b11-10+. The van der Waals surface area contributed by atoms with Gasteiger partial charge in [-0.3, -0.25) is 9.78 Å². The topological polar surface area (TPSA) is 33.2 Å². The highest BCUT2D eigenvalue weighted by Gasteiger charge is 2.08. The molecule has 0 atom stereocenters. The molecule has 1 amide bonds. The van der Waals surface area contributed by atoms with E-state index < -0.39 is 0 Å². The van der Waals surface area contributed by atoms with Crippen molar-refractivity contribution in [2.24, 2.45) is 0 Å². The van der Waals surface area contributed by atoms with Crippen LogP contribution in [0.2, 0.25) is 0 Å². The Kier molecular flexibility index (Phi) is 4.88. The molecule has 0 N–H and O–H groups in total. The van der Waals surface area contributed by atoms with Gasteiger partial charge in [0, 0.05) is 36.3 Å². The molecule has 21 heavy (non-hydrogen) atoms. The van der Waals surface area contributed by atoms with E-state index in [0.717, 1.165) is 22.0 Å². The fourth-order valence-corrected chi connectivity index (χ4v) is 2.20. The molecule has 0 bridgehead atoms. The number of fused-ring (bicyclic) bond motifs is 1. The molecule has 0 unspecified atom stereocenters. The molecule has 108 valence electrons. The zero-order chi connectivity index (χ0) is 15.2. The van der Waals surface area contributed by atoms with E-state index in [1.165, 1.54) is 0 Å². The van der Waals surface area contributed by atoms with Crippen LogP contribution in [0.3, 0.4) is 0 Å². The number of hydrogen-bond donors (Lipinski definition) is 0. The smallest absolute Gasteiger partial charge is 0.246 e. The van der Waals surface area contributed by atoms with E-state index in [2.05, 4.69) is 11.6 Å². The van der Waals surface area contributed by atoms with Gasteiger partial charge in [-0.2, -0.15) is 0 Å². The average Bonchev–Trinajstić information content (AvgIpc) is 2.50. The Morgan fingerprint density at radius 3 is 2.81 bits per heavy atom. The normalized spacial score (nSPS) is 11.0. The Morgan fingerprint density at radius 2 is 2.10 bits per heavy atom. The molecule has 2 rings (SSSR count). The number of amides is 1. The molecule has 0 radical (unpaired) electrons. The number of nitrogens with zero attached hydrogens (tertiary/aromatic N) is 2. The molecule has 0 fully saturated rings. The lowest BCUT2D eigenvalue weighted by Gasteiger charge is -2.18. The minimum absolute atomic E-state index is 0.00608. The van der Waals surface area contributed by atoms with Crippen LogP contribution < -0.4 is 0 Å². The van der Waals surface area contributed by atoms with Crippen molar-refractivity contribution in [1.82, 2.24) is 9.88 Å². The van der Waals surface area contributed by atoms with E-state index in [-0.39, 0.29) is 5.91 Å². The van der Waals surface area contributed by atoms with Gasteiger partial charge in [-0.05, 0) is 26.0 Å². The van der Waals surface area contributed by atoms with Crippen LogP contribution in [0.1, 0.15) is 19.4 Å². The first kappa shape index (κ1) is 15.0. The second-order valence-electron chi connectivity index (χ2n) is 5.07. The summed E-state index contributed by atoms with van der Waals surface area (Å²) in [4.78, 5) is 18.3. The highest BCUT2D eigenvalue weighted by Crippen LogP contribution is 2.17. The first-order valence-electron chi connectivity index (χ1n) is 7.07. The summed E-state index contributed by atoms with van der Waals surface area (Å²) in [7, 11) is 0. The van der Waals surface area contributed by atoms with Crippen molar-refractivity contribution < 1.29 is 4.79 Å². The minimum atomic E-state index is -0.00608. The number of likely N-dealkylation sites (N-methyl/N-ethyl adjacent to an activating group) is 1. The van der Waals surface area contributed by atoms with E-state index in [9.17, 15) is 4.79 Å². The second kappa shape index (κ2) is 6.84. The van der Waals surface area contributed by atoms with Crippen molar-refractivity contribution in [3.8, 4) is 0 Å². The summed E-state index contributed by atoms with van der Waals surface area (Å²) >= 11 is 0. The van der Waals surface area contributed by atoms with Crippen molar-refractivity contribution in [3.05, 3.63) is 60.3 Å². The van der Waals surface area contributed by atoms with Crippen LogP contribution in [0.5, 0.6) is 0 Å². The maximum Gasteiger partial charge on any atom is 0.246 e. The molecule has 0 aliphatic heterocycles. The monoisotopic (exact) mass is 280 g/mol. The van der Waals surface area contributed by atoms with E-state index in [1.807, 2.05) is 50.3 Å². The third-order valence-corrected chi connectivity index (χ3v) is 3.22. The molecule has 0 saturated heterocycles. The minimum Gasteiger partial charge on any atom is -0.335 e. The fraction of sp³-hybridized carbons (Fsp3) is 0.222. The Labute approximate surface area is 125 Å². The summed E-state index contributed by atoms with van der Waals surface area (Å²) in [6.45, 7) is 9.01. The maximum absolute atomic E-state index is 12.2. The van der Waals surface area contributed by atoms with Gasteiger partial charge in [0.25, 0.3) is 0 Å². The first-order chi connectivity index (χ1) is 10.1. The van der Waals surface area contributed by atoms with Crippen LogP contribution in [0.15, 0.2) is 54.8 Å². The van der Waals surface area contributed by atoms with Gasteiger partial charge in [-0.15, -0.1) is 0 Å². The molecule has 0 aliphatic rings. The third kappa shape index (κ3) is 3.78. The van der Waals surface area contributed by atoms with Crippen LogP contribution >= 0.6 is 0 Å². The van der Waals surface area contributed by atoms with Gasteiger partial charge < -0.3 is 4.90 Å². The van der Waals surface area contributed by atoms with E-state index in [1.54, 1.807) is 17.2 Å². The van der Waals surface area contributed by atoms with E-state index >= 15 is 0 Å². The van der Waals surface area contributed by atoms with Crippen molar-refractivity contribution in [2.45, 2.75) is 13.8 Å². The second-order valence-corrected chi connectivity index (χ2v) is 5.07. The molecule has 0 aliphatic carbocycles. The van der Waals surface area contributed by atoms with Crippen LogP contribution in [0.4, 0.5) is 0 Å². The van der Waals surface area contributed by atoms with Gasteiger partial charge in [-0.1, -0.05) is 36.4 Å². The molecule has 3 nitrogen and oxygen atoms in total. The Hall–Kier alpha value is -2.42. The van der Waals surface area contributed by atoms with Gasteiger partial charge in [0.05, 0.1) is 5.52 Å². The number of carbonyl (C=O) groups excluding carboxylic acids is 1. The zero-order valence-corrected chi connectivity index (χ0v) is 12.5. The molecule has 2 aromatic rings. The van der Waals surface area contributed by atoms with Crippen LogP contribution in [-0.4, -0.2) is 28.9 Å². The first-order valence-corrected chi connectivity index (χ1v) is 7.07. The molecule has 0 spiro atoms. The summed E-state index contributed by atoms with van der Waals surface area (Å²) in [6.07, 6.45) is 5.20. The molecule has 1 aromatic carbocycles. The van der Waals surface area contributed by atoms with E-state index in [4.69, 9.17) is 0 Å². The molecule has 1 aromatic heterocycles. The predicted octanol–water partition coefficient (Wildman–Crippen LogP) is 3.67.